The number of rotatable bonds is 6. The molecule has 1 aromatic heterocycles. The first kappa shape index (κ1) is 21.1. The fourth-order valence-corrected chi connectivity index (χ4v) is 6.01. The van der Waals surface area contributed by atoms with Crippen molar-refractivity contribution in [1.29, 1.82) is 0 Å². The van der Waals surface area contributed by atoms with Gasteiger partial charge in [-0.15, -0.1) is 0 Å². The zero-order valence-electron chi connectivity index (χ0n) is 17.3. The van der Waals surface area contributed by atoms with Crippen LogP contribution in [0.5, 0.6) is 11.5 Å². The first-order chi connectivity index (χ1) is 14.6. The number of aromatic nitrogens is 1. The third-order valence-electron chi connectivity index (χ3n) is 6.06. The van der Waals surface area contributed by atoms with E-state index in [1.807, 2.05) is 12.1 Å². The number of pyridine rings is 1. The molecular weight excluding hydrogens is 402 g/mol. The van der Waals surface area contributed by atoms with Gasteiger partial charge in [-0.1, -0.05) is 12.1 Å². The summed E-state index contributed by atoms with van der Waals surface area (Å²) in [4.78, 5) is 6.77. The molecule has 0 radical (unpaired) electrons. The van der Waals surface area contributed by atoms with Crippen molar-refractivity contribution in [3.05, 3.63) is 48.8 Å². The van der Waals surface area contributed by atoms with Gasteiger partial charge in [0.05, 0.1) is 7.11 Å². The van der Waals surface area contributed by atoms with Gasteiger partial charge in [-0.25, -0.2) is 8.42 Å². The first-order valence-corrected chi connectivity index (χ1v) is 12.0. The number of hydrogen-bond acceptors (Lipinski definition) is 6. The van der Waals surface area contributed by atoms with Crippen molar-refractivity contribution in [2.45, 2.75) is 42.7 Å². The van der Waals surface area contributed by atoms with Crippen LogP contribution in [0.3, 0.4) is 0 Å². The molecule has 0 aliphatic carbocycles. The number of methoxy groups -OCH3 is 1. The zero-order chi connectivity index (χ0) is 21.0. The lowest BCUT2D eigenvalue weighted by Crippen LogP contribution is -2.50. The van der Waals surface area contributed by atoms with Gasteiger partial charge in [-0.05, 0) is 49.9 Å². The molecule has 0 N–H and O–H groups in total. The summed E-state index contributed by atoms with van der Waals surface area (Å²) in [5.74, 6) is 1.27. The summed E-state index contributed by atoms with van der Waals surface area (Å²) >= 11 is 0. The number of sulfonamides is 1. The molecule has 4 rings (SSSR count). The molecule has 0 amide bonds. The van der Waals surface area contributed by atoms with Crippen LogP contribution in [0.2, 0.25) is 0 Å². The summed E-state index contributed by atoms with van der Waals surface area (Å²) in [6.45, 7) is 3.05. The van der Waals surface area contributed by atoms with E-state index < -0.39 is 10.0 Å². The van der Waals surface area contributed by atoms with Gasteiger partial charge in [0.2, 0.25) is 10.0 Å². The van der Waals surface area contributed by atoms with Crippen molar-refractivity contribution >= 4 is 10.0 Å². The van der Waals surface area contributed by atoms with Crippen LogP contribution in [0, 0.1) is 0 Å². The lowest BCUT2D eigenvalue weighted by atomic mass is 10.00. The minimum Gasteiger partial charge on any atom is -0.495 e. The molecule has 8 heteroatoms. The molecule has 30 heavy (non-hydrogen) atoms. The quantitative estimate of drug-likeness (QED) is 0.700. The molecule has 162 valence electrons. The summed E-state index contributed by atoms with van der Waals surface area (Å²) in [7, 11) is -2.04. The summed E-state index contributed by atoms with van der Waals surface area (Å²) in [6.07, 6.45) is 7.41. The molecule has 2 aliphatic rings. The normalized spacial score (nSPS) is 20.2. The van der Waals surface area contributed by atoms with Crippen LogP contribution in [-0.4, -0.2) is 68.0 Å². The van der Waals surface area contributed by atoms with Crippen molar-refractivity contribution < 1.29 is 17.9 Å². The highest BCUT2D eigenvalue weighted by Crippen LogP contribution is 2.30. The van der Waals surface area contributed by atoms with E-state index in [2.05, 4.69) is 9.88 Å². The van der Waals surface area contributed by atoms with E-state index in [-0.39, 0.29) is 11.0 Å². The number of likely N-dealkylation sites (tertiary alicyclic amines) is 1. The Hall–Kier alpha value is -2.16. The highest BCUT2D eigenvalue weighted by Gasteiger charge is 2.34. The van der Waals surface area contributed by atoms with Gasteiger partial charge in [0.15, 0.2) is 0 Å². The maximum Gasteiger partial charge on any atom is 0.246 e. The molecule has 7 nitrogen and oxygen atoms in total. The van der Waals surface area contributed by atoms with Gasteiger partial charge >= 0.3 is 0 Å². The number of hydrogen-bond donors (Lipinski definition) is 0. The molecule has 2 aromatic rings. The minimum absolute atomic E-state index is 0.231. The number of ether oxygens (including phenoxy) is 2. The van der Waals surface area contributed by atoms with E-state index in [0.29, 0.717) is 24.9 Å². The number of piperidine rings is 2. The predicted octanol–water partition coefficient (Wildman–Crippen LogP) is 2.79. The molecule has 0 spiro atoms. The Balaban J connectivity index is 1.30. The van der Waals surface area contributed by atoms with E-state index in [0.717, 1.165) is 44.5 Å². The SMILES string of the molecule is COc1ccccc1S(=O)(=O)N1CCC(N2CCC(Oc3ccncc3)CC2)CC1. The van der Waals surface area contributed by atoms with Gasteiger partial charge in [-0.2, -0.15) is 4.31 Å². The van der Waals surface area contributed by atoms with Crippen molar-refractivity contribution in [3.63, 3.8) is 0 Å². The molecular formula is C22H29N3O4S. The second kappa shape index (κ2) is 9.32. The Morgan fingerprint density at radius 2 is 1.60 bits per heavy atom. The molecule has 0 bridgehead atoms. The van der Waals surface area contributed by atoms with E-state index in [4.69, 9.17) is 9.47 Å². The Morgan fingerprint density at radius 3 is 2.27 bits per heavy atom. The highest BCUT2D eigenvalue weighted by molar-refractivity contribution is 7.89. The minimum atomic E-state index is -3.54. The third-order valence-corrected chi connectivity index (χ3v) is 7.99. The summed E-state index contributed by atoms with van der Waals surface area (Å²) in [5.41, 5.74) is 0. The molecule has 2 fully saturated rings. The number of benzene rings is 1. The average Bonchev–Trinajstić information content (AvgIpc) is 2.80. The summed E-state index contributed by atoms with van der Waals surface area (Å²) < 4.78 is 39.1. The predicted molar refractivity (Wildman–Crippen MR) is 114 cm³/mol. The van der Waals surface area contributed by atoms with E-state index >= 15 is 0 Å². The van der Waals surface area contributed by atoms with Crippen molar-refractivity contribution in [1.82, 2.24) is 14.2 Å². The Bertz CT molecular complexity index is 922. The molecule has 1 aromatic carbocycles. The molecule has 0 saturated carbocycles. The van der Waals surface area contributed by atoms with Crippen LogP contribution in [0.4, 0.5) is 0 Å². The molecule has 0 atom stereocenters. The summed E-state index contributed by atoms with van der Waals surface area (Å²) in [5, 5.41) is 0. The van der Waals surface area contributed by atoms with Gasteiger partial charge in [0, 0.05) is 44.6 Å². The molecule has 3 heterocycles. The van der Waals surface area contributed by atoms with E-state index in [9.17, 15) is 8.42 Å². The van der Waals surface area contributed by atoms with Crippen LogP contribution in [-0.2, 0) is 10.0 Å². The number of para-hydroxylation sites is 1. The lowest BCUT2D eigenvalue weighted by Gasteiger charge is -2.41. The largest absolute Gasteiger partial charge is 0.495 e. The molecule has 2 saturated heterocycles. The van der Waals surface area contributed by atoms with Gasteiger partial charge in [-0.3, -0.25) is 4.98 Å². The van der Waals surface area contributed by atoms with Crippen LogP contribution in [0.1, 0.15) is 25.7 Å². The van der Waals surface area contributed by atoms with Crippen molar-refractivity contribution in [2.75, 3.05) is 33.3 Å². The molecule has 0 unspecified atom stereocenters. The fraction of sp³-hybridized carbons (Fsp3) is 0.500. The second-order valence-electron chi connectivity index (χ2n) is 7.82. The van der Waals surface area contributed by atoms with Crippen molar-refractivity contribution in [2.24, 2.45) is 0 Å². The third kappa shape index (κ3) is 4.61. The smallest absolute Gasteiger partial charge is 0.246 e. The molecule has 2 aliphatic heterocycles. The first-order valence-electron chi connectivity index (χ1n) is 10.5. The van der Waals surface area contributed by atoms with Crippen LogP contribution < -0.4 is 9.47 Å². The fourth-order valence-electron chi connectivity index (χ4n) is 4.39. The summed E-state index contributed by atoms with van der Waals surface area (Å²) in [6, 6.07) is 11.0. The monoisotopic (exact) mass is 431 g/mol. The maximum atomic E-state index is 13.1. The standard InChI is InChI=1S/C22H29N3O4S/c1-28-21-4-2-3-5-22(21)30(26,27)25-16-8-18(9-17-25)24-14-10-20(11-15-24)29-19-6-12-23-13-7-19/h2-7,12-13,18,20H,8-11,14-17H2,1H3. The van der Waals surface area contributed by atoms with E-state index in [1.54, 1.807) is 41.0 Å². The maximum absolute atomic E-state index is 13.1. The van der Waals surface area contributed by atoms with Crippen LogP contribution in [0.15, 0.2) is 53.7 Å². The van der Waals surface area contributed by atoms with Crippen LogP contribution in [0.25, 0.3) is 0 Å². The topological polar surface area (TPSA) is 72.0 Å². The Labute approximate surface area is 178 Å². The zero-order valence-corrected chi connectivity index (χ0v) is 18.1. The van der Waals surface area contributed by atoms with Gasteiger partial charge in [0.25, 0.3) is 0 Å². The van der Waals surface area contributed by atoms with Gasteiger partial charge in [0.1, 0.15) is 22.5 Å². The second-order valence-corrected chi connectivity index (χ2v) is 9.73. The van der Waals surface area contributed by atoms with Crippen molar-refractivity contribution in [3.8, 4) is 11.5 Å². The van der Waals surface area contributed by atoms with Gasteiger partial charge < -0.3 is 14.4 Å². The highest BCUT2D eigenvalue weighted by atomic mass is 32.2. The number of nitrogens with zero attached hydrogens (tertiary/aromatic N) is 3. The van der Waals surface area contributed by atoms with Crippen LogP contribution >= 0.6 is 0 Å². The lowest BCUT2D eigenvalue weighted by molar-refractivity contribution is 0.0585. The van der Waals surface area contributed by atoms with E-state index in [1.165, 1.54) is 7.11 Å². The Morgan fingerprint density at radius 1 is 0.933 bits per heavy atom. The Kier molecular flexibility index (Phi) is 6.55. The average molecular weight is 432 g/mol.